The normalized spacial score (nSPS) is 10.3. The zero-order valence-corrected chi connectivity index (χ0v) is 6.45. The first-order valence-corrected chi connectivity index (χ1v) is 3.31. The molecule has 0 radical (unpaired) electrons. The summed E-state index contributed by atoms with van der Waals surface area (Å²) in [4.78, 5) is 0. The average molecular weight is 156 g/mol. The molecule has 0 saturated carbocycles. The van der Waals surface area contributed by atoms with Gasteiger partial charge < -0.3 is 16.2 Å². The third kappa shape index (κ3) is 1.62. The molecule has 0 spiro atoms. The molecule has 1 aromatic rings. The van der Waals surface area contributed by atoms with Crippen molar-refractivity contribution in [1.29, 1.82) is 0 Å². The van der Waals surface area contributed by atoms with Gasteiger partial charge in [0.1, 0.15) is 5.82 Å². The van der Waals surface area contributed by atoms with Gasteiger partial charge in [-0.05, 0) is 0 Å². The fourth-order valence-electron chi connectivity index (χ4n) is 0.765. The van der Waals surface area contributed by atoms with Crippen LogP contribution in [0.5, 0.6) is 0 Å². The number of nitrogens with zero attached hydrogens (tertiary/aromatic N) is 2. The molecule has 5 heteroatoms. The number of hydrogen-bond donors (Lipinski definition) is 2. The third-order valence-corrected chi connectivity index (χ3v) is 1.42. The van der Waals surface area contributed by atoms with Crippen LogP contribution < -0.4 is 11.5 Å². The van der Waals surface area contributed by atoms with Crippen molar-refractivity contribution in [2.75, 3.05) is 25.2 Å². The minimum atomic E-state index is 0.502. The van der Waals surface area contributed by atoms with Gasteiger partial charge in [-0.2, -0.15) is 5.10 Å². The molecule has 0 fully saturated rings. The molecular weight excluding hydrogens is 144 g/mol. The summed E-state index contributed by atoms with van der Waals surface area (Å²) < 4.78 is 6.46. The molecule has 11 heavy (non-hydrogen) atoms. The van der Waals surface area contributed by atoms with Crippen molar-refractivity contribution in [1.82, 2.24) is 9.78 Å². The van der Waals surface area contributed by atoms with E-state index in [0.29, 0.717) is 24.7 Å². The molecule has 0 aliphatic rings. The highest BCUT2D eigenvalue weighted by Gasteiger charge is 2.01. The van der Waals surface area contributed by atoms with Crippen LogP contribution in [-0.2, 0) is 11.3 Å². The lowest BCUT2D eigenvalue weighted by molar-refractivity contribution is 0.184. The molecule has 4 N–H and O–H groups in total. The Morgan fingerprint density at radius 1 is 1.64 bits per heavy atom. The number of rotatable bonds is 3. The molecule has 5 nitrogen and oxygen atoms in total. The van der Waals surface area contributed by atoms with Crippen LogP contribution in [0.1, 0.15) is 0 Å². The maximum Gasteiger partial charge on any atom is 0.145 e. The maximum absolute atomic E-state index is 5.56. The lowest BCUT2D eigenvalue weighted by Gasteiger charge is -2.01. The van der Waals surface area contributed by atoms with Crippen molar-refractivity contribution in [2.45, 2.75) is 6.54 Å². The monoisotopic (exact) mass is 156 g/mol. The first-order chi connectivity index (χ1) is 5.25. The van der Waals surface area contributed by atoms with Gasteiger partial charge in [0.15, 0.2) is 0 Å². The van der Waals surface area contributed by atoms with Gasteiger partial charge in [0.25, 0.3) is 0 Å². The van der Waals surface area contributed by atoms with Gasteiger partial charge in [-0.3, -0.25) is 0 Å². The van der Waals surface area contributed by atoms with Gasteiger partial charge in [-0.15, -0.1) is 0 Å². The second-order valence-corrected chi connectivity index (χ2v) is 2.20. The second-order valence-electron chi connectivity index (χ2n) is 2.20. The molecule has 1 rings (SSSR count). The Labute approximate surface area is 64.9 Å². The summed E-state index contributed by atoms with van der Waals surface area (Å²) in [5.74, 6) is 0.502. The number of hydrogen-bond acceptors (Lipinski definition) is 4. The SMILES string of the molecule is COCCn1ncc(N)c1N. The zero-order valence-electron chi connectivity index (χ0n) is 6.45. The van der Waals surface area contributed by atoms with Crippen molar-refractivity contribution in [2.24, 2.45) is 0 Å². The topological polar surface area (TPSA) is 79.1 Å². The van der Waals surface area contributed by atoms with Crippen LogP contribution in [0.25, 0.3) is 0 Å². The van der Waals surface area contributed by atoms with Crippen LogP contribution in [0.2, 0.25) is 0 Å². The molecule has 62 valence electrons. The number of nitrogens with two attached hydrogens (primary N) is 2. The number of aromatic nitrogens is 2. The van der Waals surface area contributed by atoms with E-state index in [9.17, 15) is 0 Å². The summed E-state index contributed by atoms with van der Waals surface area (Å²) in [5.41, 5.74) is 11.5. The van der Waals surface area contributed by atoms with Crippen molar-refractivity contribution in [3.63, 3.8) is 0 Å². The van der Waals surface area contributed by atoms with Crippen LogP contribution in [-0.4, -0.2) is 23.5 Å². The van der Waals surface area contributed by atoms with Gasteiger partial charge in [0.2, 0.25) is 0 Å². The largest absolute Gasteiger partial charge is 0.394 e. The third-order valence-electron chi connectivity index (χ3n) is 1.42. The lowest BCUT2D eigenvalue weighted by Crippen LogP contribution is -2.09. The molecule has 0 amide bonds. The highest BCUT2D eigenvalue weighted by Crippen LogP contribution is 2.11. The van der Waals surface area contributed by atoms with E-state index in [2.05, 4.69) is 5.10 Å². The summed E-state index contributed by atoms with van der Waals surface area (Å²) >= 11 is 0. The van der Waals surface area contributed by atoms with E-state index in [1.165, 1.54) is 6.20 Å². The summed E-state index contributed by atoms with van der Waals surface area (Å²) in [5, 5.41) is 3.94. The number of nitrogen functional groups attached to an aromatic ring is 2. The number of ether oxygens (including phenoxy) is 1. The first kappa shape index (κ1) is 7.87. The molecule has 0 bridgehead atoms. The fourth-order valence-corrected chi connectivity index (χ4v) is 0.765. The Morgan fingerprint density at radius 2 is 2.36 bits per heavy atom. The Bertz CT molecular complexity index is 232. The van der Waals surface area contributed by atoms with Crippen molar-refractivity contribution in [3.05, 3.63) is 6.20 Å². The average Bonchev–Trinajstić information content (AvgIpc) is 2.31. The van der Waals surface area contributed by atoms with Gasteiger partial charge in [0, 0.05) is 7.11 Å². The highest BCUT2D eigenvalue weighted by atomic mass is 16.5. The minimum absolute atomic E-state index is 0.502. The van der Waals surface area contributed by atoms with Crippen molar-refractivity contribution < 1.29 is 4.74 Å². The molecule has 0 aliphatic carbocycles. The van der Waals surface area contributed by atoms with Gasteiger partial charge in [-0.25, -0.2) is 4.68 Å². The fraction of sp³-hybridized carbons (Fsp3) is 0.500. The quantitative estimate of drug-likeness (QED) is 0.629. The predicted molar refractivity (Wildman–Crippen MR) is 42.9 cm³/mol. The van der Waals surface area contributed by atoms with E-state index in [1.807, 2.05) is 0 Å². The van der Waals surface area contributed by atoms with Crippen molar-refractivity contribution in [3.8, 4) is 0 Å². The molecular formula is C6H12N4O. The molecule has 1 aromatic heterocycles. The number of anilines is 2. The van der Waals surface area contributed by atoms with E-state index in [-0.39, 0.29) is 0 Å². The van der Waals surface area contributed by atoms with Gasteiger partial charge >= 0.3 is 0 Å². The van der Waals surface area contributed by atoms with Crippen LogP contribution in [0.15, 0.2) is 6.20 Å². The Balaban J connectivity index is 2.63. The van der Waals surface area contributed by atoms with Crippen molar-refractivity contribution >= 4 is 11.5 Å². The summed E-state index contributed by atoms with van der Waals surface area (Å²) in [6.45, 7) is 1.23. The van der Waals surface area contributed by atoms with Crippen LogP contribution in [0.3, 0.4) is 0 Å². The summed E-state index contributed by atoms with van der Waals surface area (Å²) in [6.07, 6.45) is 1.53. The first-order valence-electron chi connectivity index (χ1n) is 3.31. The van der Waals surface area contributed by atoms with Crippen LogP contribution in [0, 0.1) is 0 Å². The molecule has 0 aliphatic heterocycles. The zero-order chi connectivity index (χ0) is 8.27. The Kier molecular flexibility index (Phi) is 2.32. The maximum atomic E-state index is 5.56. The van der Waals surface area contributed by atoms with Gasteiger partial charge in [0.05, 0.1) is 25.0 Å². The second kappa shape index (κ2) is 3.25. The van der Waals surface area contributed by atoms with E-state index in [0.717, 1.165) is 0 Å². The molecule has 0 unspecified atom stereocenters. The van der Waals surface area contributed by atoms with E-state index < -0.39 is 0 Å². The van der Waals surface area contributed by atoms with Crippen LogP contribution >= 0.6 is 0 Å². The Hall–Kier alpha value is -1.23. The Morgan fingerprint density at radius 3 is 2.82 bits per heavy atom. The minimum Gasteiger partial charge on any atom is -0.394 e. The number of methoxy groups -OCH3 is 1. The molecule has 0 saturated heterocycles. The van der Waals surface area contributed by atoms with E-state index >= 15 is 0 Å². The lowest BCUT2D eigenvalue weighted by atomic mass is 10.5. The van der Waals surface area contributed by atoms with Crippen LogP contribution in [0.4, 0.5) is 11.5 Å². The summed E-state index contributed by atoms with van der Waals surface area (Å²) in [7, 11) is 1.63. The molecule has 1 heterocycles. The smallest absolute Gasteiger partial charge is 0.145 e. The predicted octanol–water partition coefficient (Wildman–Crippen LogP) is -0.306. The van der Waals surface area contributed by atoms with Gasteiger partial charge in [-0.1, -0.05) is 0 Å². The molecule has 0 aromatic carbocycles. The highest BCUT2D eigenvalue weighted by molar-refractivity contribution is 5.56. The van der Waals surface area contributed by atoms with E-state index in [1.54, 1.807) is 11.8 Å². The standard InChI is InChI=1S/C6H12N4O/c1-11-3-2-10-6(8)5(7)4-9-10/h4H,2-3,7-8H2,1H3. The van der Waals surface area contributed by atoms with E-state index in [4.69, 9.17) is 16.2 Å². The molecule has 0 atom stereocenters. The summed E-state index contributed by atoms with van der Waals surface area (Å²) in [6, 6.07) is 0.